The van der Waals surface area contributed by atoms with Crippen LogP contribution in [0.25, 0.3) is 0 Å². The summed E-state index contributed by atoms with van der Waals surface area (Å²) in [5.74, 6) is -0.361. The molecule has 0 spiro atoms. The molecule has 0 aromatic heterocycles. The van der Waals surface area contributed by atoms with Crippen LogP contribution in [0.15, 0.2) is 30.3 Å². The van der Waals surface area contributed by atoms with Crippen molar-refractivity contribution in [1.29, 1.82) is 0 Å². The average Bonchev–Trinajstić information content (AvgIpc) is 2.77. The molecule has 1 aliphatic rings. The molecule has 0 radical (unpaired) electrons. The van der Waals surface area contributed by atoms with Gasteiger partial charge < -0.3 is 19.7 Å². The molecule has 104 valence electrons. The number of ether oxygens (including phenoxy) is 2. The Bertz CT molecular complexity index is 406. The Kier molecular flexibility index (Phi) is 4.90. The molecule has 0 aliphatic carbocycles. The zero-order valence-electron chi connectivity index (χ0n) is 10.6. The second kappa shape index (κ2) is 6.65. The van der Waals surface area contributed by atoms with E-state index in [2.05, 4.69) is 0 Å². The van der Waals surface area contributed by atoms with Crippen LogP contribution in [0.3, 0.4) is 0 Å². The molecule has 1 aromatic carbocycles. The highest BCUT2D eigenvalue weighted by Gasteiger charge is 2.34. The molecule has 3 unspecified atom stereocenters. The quantitative estimate of drug-likeness (QED) is 0.765. The van der Waals surface area contributed by atoms with Crippen molar-refractivity contribution in [2.24, 2.45) is 0 Å². The minimum atomic E-state index is -0.711. The predicted molar refractivity (Wildman–Crippen MR) is 67.2 cm³/mol. The topological polar surface area (TPSA) is 76.0 Å². The fraction of sp³-hybridized carbons (Fsp3) is 0.500. The molecule has 19 heavy (non-hydrogen) atoms. The van der Waals surface area contributed by atoms with Crippen molar-refractivity contribution >= 4 is 5.97 Å². The van der Waals surface area contributed by atoms with E-state index in [-0.39, 0.29) is 31.7 Å². The second-order valence-electron chi connectivity index (χ2n) is 4.63. The normalized spacial score (nSPS) is 26.3. The summed E-state index contributed by atoms with van der Waals surface area (Å²) in [6, 6.07) is 9.42. The van der Waals surface area contributed by atoms with Crippen molar-refractivity contribution in [3.63, 3.8) is 0 Å². The Balaban J connectivity index is 1.73. The van der Waals surface area contributed by atoms with Crippen LogP contribution in [0.2, 0.25) is 0 Å². The van der Waals surface area contributed by atoms with E-state index in [1.165, 1.54) is 0 Å². The van der Waals surface area contributed by atoms with Crippen molar-refractivity contribution in [2.45, 2.75) is 37.8 Å². The summed E-state index contributed by atoms with van der Waals surface area (Å²) in [6.07, 6.45) is -1.23. The Morgan fingerprint density at radius 1 is 1.37 bits per heavy atom. The highest BCUT2D eigenvalue weighted by Crippen LogP contribution is 2.22. The van der Waals surface area contributed by atoms with E-state index in [9.17, 15) is 9.90 Å². The van der Waals surface area contributed by atoms with Crippen LogP contribution in [0.4, 0.5) is 0 Å². The molecule has 3 atom stereocenters. The third-order valence-electron chi connectivity index (χ3n) is 3.12. The highest BCUT2D eigenvalue weighted by atomic mass is 16.5. The van der Waals surface area contributed by atoms with Crippen molar-refractivity contribution < 1.29 is 24.5 Å². The number of hydrogen-bond donors (Lipinski definition) is 2. The minimum Gasteiger partial charge on any atom is -0.461 e. The Morgan fingerprint density at radius 3 is 2.74 bits per heavy atom. The van der Waals surface area contributed by atoms with Gasteiger partial charge in [-0.1, -0.05) is 30.3 Å². The molecule has 2 N–H and O–H groups in total. The van der Waals surface area contributed by atoms with E-state index in [1.54, 1.807) is 0 Å². The zero-order chi connectivity index (χ0) is 13.7. The number of carbonyl (C=O) groups excluding carboxylic acids is 1. The summed E-state index contributed by atoms with van der Waals surface area (Å²) in [4.78, 5) is 11.6. The van der Waals surface area contributed by atoms with Crippen LogP contribution >= 0.6 is 0 Å². The zero-order valence-corrected chi connectivity index (χ0v) is 10.6. The lowest BCUT2D eigenvalue weighted by Gasteiger charge is -2.11. The van der Waals surface area contributed by atoms with Crippen LogP contribution in [-0.4, -0.2) is 41.1 Å². The van der Waals surface area contributed by atoms with E-state index in [0.29, 0.717) is 6.42 Å². The number of aliphatic hydroxyl groups is 2. The maximum absolute atomic E-state index is 11.6. The number of rotatable bonds is 5. The first-order chi connectivity index (χ1) is 9.19. The van der Waals surface area contributed by atoms with E-state index >= 15 is 0 Å². The Morgan fingerprint density at radius 2 is 2.11 bits per heavy atom. The van der Waals surface area contributed by atoms with Gasteiger partial charge in [-0.05, 0) is 5.56 Å². The van der Waals surface area contributed by atoms with Crippen molar-refractivity contribution in [2.75, 3.05) is 6.61 Å². The fourth-order valence-corrected chi connectivity index (χ4v) is 2.09. The molecule has 5 heteroatoms. The third-order valence-corrected chi connectivity index (χ3v) is 3.12. The lowest BCUT2D eigenvalue weighted by atomic mass is 10.1. The second-order valence-corrected chi connectivity index (χ2v) is 4.63. The summed E-state index contributed by atoms with van der Waals surface area (Å²) in [7, 11) is 0. The number of esters is 1. The first-order valence-electron chi connectivity index (χ1n) is 6.33. The summed E-state index contributed by atoms with van der Waals surface area (Å²) < 4.78 is 10.5. The lowest BCUT2D eigenvalue weighted by molar-refractivity contribution is -0.148. The summed E-state index contributed by atoms with van der Waals surface area (Å²) in [6.45, 7) is -0.00486. The van der Waals surface area contributed by atoms with Crippen LogP contribution in [-0.2, 0) is 20.9 Å². The molecule has 5 nitrogen and oxygen atoms in total. The number of aliphatic hydroxyl groups excluding tert-OH is 2. The predicted octanol–water partition coefficient (Wildman–Crippen LogP) is 0.631. The van der Waals surface area contributed by atoms with Gasteiger partial charge in [-0.25, -0.2) is 0 Å². The average molecular weight is 266 g/mol. The molecular formula is C14H18O5. The molecule has 1 aliphatic heterocycles. The minimum absolute atomic E-state index is 0.0976. The van der Waals surface area contributed by atoms with Crippen molar-refractivity contribution in [3.8, 4) is 0 Å². The fourth-order valence-electron chi connectivity index (χ4n) is 2.09. The molecular weight excluding hydrogens is 248 g/mol. The van der Waals surface area contributed by atoms with Gasteiger partial charge >= 0.3 is 5.97 Å². The SMILES string of the molecule is O=C(CC1CC(O)C(CO)O1)OCc1ccccc1. The molecule has 2 rings (SSSR count). The molecule has 0 bridgehead atoms. The van der Waals surface area contributed by atoms with Gasteiger partial charge in [-0.2, -0.15) is 0 Å². The molecule has 1 heterocycles. The van der Waals surface area contributed by atoms with Gasteiger partial charge in [0.1, 0.15) is 12.7 Å². The van der Waals surface area contributed by atoms with Gasteiger partial charge in [0, 0.05) is 6.42 Å². The summed E-state index contributed by atoms with van der Waals surface area (Å²) in [5, 5.41) is 18.5. The Hall–Kier alpha value is -1.43. The van der Waals surface area contributed by atoms with E-state index in [1.807, 2.05) is 30.3 Å². The smallest absolute Gasteiger partial charge is 0.308 e. The molecule has 0 saturated carbocycles. The standard InChI is InChI=1S/C14H18O5/c15-8-13-12(16)6-11(19-13)7-14(17)18-9-10-4-2-1-3-5-10/h1-5,11-13,15-16H,6-9H2. The van der Waals surface area contributed by atoms with Gasteiger partial charge in [0.15, 0.2) is 0 Å². The van der Waals surface area contributed by atoms with Crippen LogP contribution in [0.1, 0.15) is 18.4 Å². The first-order valence-corrected chi connectivity index (χ1v) is 6.33. The highest BCUT2D eigenvalue weighted by molar-refractivity contribution is 5.70. The maximum atomic E-state index is 11.6. The van der Waals surface area contributed by atoms with Crippen molar-refractivity contribution in [3.05, 3.63) is 35.9 Å². The van der Waals surface area contributed by atoms with Gasteiger partial charge in [-0.15, -0.1) is 0 Å². The molecule has 1 aromatic rings. The Labute approximate surface area is 111 Å². The van der Waals surface area contributed by atoms with Gasteiger partial charge in [0.25, 0.3) is 0 Å². The van der Waals surface area contributed by atoms with E-state index in [4.69, 9.17) is 14.6 Å². The maximum Gasteiger partial charge on any atom is 0.308 e. The van der Waals surface area contributed by atoms with E-state index < -0.39 is 12.2 Å². The third kappa shape index (κ3) is 4.02. The van der Waals surface area contributed by atoms with Crippen LogP contribution in [0.5, 0.6) is 0 Å². The molecule has 1 saturated heterocycles. The van der Waals surface area contributed by atoms with Gasteiger partial charge in [0.2, 0.25) is 0 Å². The van der Waals surface area contributed by atoms with Gasteiger partial charge in [0.05, 0.1) is 25.2 Å². The van der Waals surface area contributed by atoms with Gasteiger partial charge in [-0.3, -0.25) is 4.79 Å². The van der Waals surface area contributed by atoms with E-state index in [0.717, 1.165) is 5.56 Å². The van der Waals surface area contributed by atoms with Crippen LogP contribution in [0, 0.1) is 0 Å². The monoisotopic (exact) mass is 266 g/mol. The number of benzene rings is 1. The lowest BCUT2D eigenvalue weighted by Crippen LogP contribution is -2.24. The molecule has 1 fully saturated rings. The summed E-state index contributed by atoms with van der Waals surface area (Å²) in [5.41, 5.74) is 0.927. The molecule has 0 amide bonds. The number of hydrogen-bond acceptors (Lipinski definition) is 5. The largest absolute Gasteiger partial charge is 0.461 e. The summed E-state index contributed by atoms with van der Waals surface area (Å²) >= 11 is 0. The van der Waals surface area contributed by atoms with Crippen molar-refractivity contribution in [1.82, 2.24) is 0 Å². The van der Waals surface area contributed by atoms with Crippen LogP contribution < -0.4 is 0 Å². The number of carbonyl (C=O) groups is 1. The first kappa shape index (κ1) is 14.0.